The highest BCUT2D eigenvalue weighted by atomic mass is 16.5. The summed E-state index contributed by atoms with van der Waals surface area (Å²) in [4.78, 5) is 35.2. The molecule has 2 heterocycles. The molecule has 1 amide bonds. The Labute approximate surface area is 197 Å². The fourth-order valence-corrected chi connectivity index (χ4v) is 4.20. The number of rotatable bonds is 11. The predicted molar refractivity (Wildman–Crippen MR) is 130 cm³/mol. The van der Waals surface area contributed by atoms with Crippen LogP contribution in [0.3, 0.4) is 0 Å². The minimum absolute atomic E-state index is 0.148. The molecule has 0 saturated carbocycles. The van der Waals surface area contributed by atoms with Gasteiger partial charge in [0.1, 0.15) is 5.75 Å². The lowest BCUT2D eigenvalue weighted by atomic mass is 9.97. The average molecular weight is 452 g/mol. The second-order valence-corrected chi connectivity index (χ2v) is 8.89. The van der Waals surface area contributed by atoms with Gasteiger partial charge < -0.3 is 9.64 Å². The van der Waals surface area contributed by atoms with Crippen LogP contribution in [0.4, 0.5) is 0 Å². The molecular formula is C27H37N3O3. The standard InChI is InChI=1S/C27H37N3O3/c1-3-5-6-7-8-9-10-21-19-28-26(29-20-21)22-11-13-24(14-12-22)33-27(32)23-15-17-30(18-16-23)25(31)4-2/h11-14,19-20,23H,3-10,15-18H2,1-2H3. The zero-order valence-electron chi connectivity index (χ0n) is 20.1. The van der Waals surface area contributed by atoms with Gasteiger partial charge >= 0.3 is 5.97 Å². The lowest BCUT2D eigenvalue weighted by Crippen LogP contribution is -2.40. The second-order valence-electron chi connectivity index (χ2n) is 8.89. The lowest BCUT2D eigenvalue weighted by Gasteiger charge is -2.30. The van der Waals surface area contributed by atoms with E-state index < -0.39 is 0 Å². The number of benzene rings is 1. The van der Waals surface area contributed by atoms with Crippen LogP contribution in [0.5, 0.6) is 5.75 Å². The molecular weight excluding hydrogens is 414 g/mol. The van der Waals surface area contributed by atoms with E-state index in [1.165, 1.54) is 44.1 Å². The number of carbonyl (C=O) groups is 2. The van der Waals surface area contributed by atoms with Crippen molar-refractivity contribution in [3.8, 4) is 17.1 Å². The van der Waals surface area contributed by atoms with Gasteiger partial charge in [-0.2, -0.15) is 0 Å². The Morgan fingerprint density at radius 3 is 2.21 bits per heavy atom. The number of piperidine rings is 1. The fourth-order valence-electron chi connectivity index (χ4n) is 4.20. The fraction of sp³-hybridized carbons (Fsp3) is 0.556. The first-order chi connectivity index (χ1) is 16.1. The quantitative estimate of drug-likeness (QED) is 0.253. The summed E-state index contributed by atoms with van der Waals surface area (Å²) in [5, 5.41) is 0. The molecule has 33 heavy (non-hydrogen) atoms. The smallest absolute Gasteiger partial charge is 0.314 e. The van der Waals surface area contributed by atoms with Crippen molar-refractivity contribution in [1.29, 1.82) is 0 Å². The maximum absolute atomic E-state index is 12.5. The van der Waals surface area contributed by atoms with Gasteiger partial charge in [-0.3, -0.25) is 9.59 Å². The predicted octanol–water partition coefficient (Wildman–Crippen LogP) is 5.60. The van der Waals surface area contributed by atoms with Crippen LogP contribution in [-0.4, -0.2) is 39.8 Å². The number of aryl methyl sites for hydroxylation is 1. The molecule has 0 radical (unpaired) electrons. The maximum Gasteiger partial charge on any atom is 0.314 e. The number of ether oxygens (including phenoxy) is 1. The monoisotopic (exact) mass is 451 g/mol. The zero-order valence-corrected chi connectivity index (χ0v) is 20.1. The van der Waals surface area contributed by atoms with Crippen molar-refractivity contribution in [1.82, 2.24) is 14.9 Å². The number of hydrogen-bond donors (Lipinski definition) is 0. The van der Waals surface area contributed by atoms with Crippen LogP contribution in [0, 0.1) is 5.92 Å². The highest BCUT2D eigenvalue weighted by Gasteiger charge is 2.28. The Morgan fingerprint density at radius 2 is 1.58 bits per heavy atom. The normalized spacial score (nSPS) is 14.3. The Hall–Kier alpha value is -2.76. The van der Waals surface area contributed by atoms with E-state index in [4.69, 9.17) is 4.74 Å². The summed E-state index contributed by atoms with van der Waals surface area (Å²) >= 11 is 0. The first-order valence-electron chi connectivity index (χ1n) is 12.5. The molecule has 1 aliphatic heterocycles. The highest BCUT2D eigenvalue weighted by molar-refractivity contribution is 5.78. The zero-order chi connectivity index (χ0) is 23.5. The van der Waals surface area contributed by atoms with Crippen LogP contribution in [0.1, 0.15) is 77.2 Å². The SMILES string of the molecule is CCCCCCCCc1cnc(-c2ccc(OC(=O)C3CCN(C(=O)CC)CC3)cc2)nc1. The van der Waals surface area contributed by atoms with Crippen molar-refractivity contribution in [2.45, 2.75) is 78.1 Å². The molecule has 2 aromatic rings. The topological polar surface area (TPSA) is 72.4 Å². The van der Waals surface area contributed by atoms with Crippen LogP contribution < -0.4 is 4.74 Å². The summed E-state index contributed by atoms with van der Waals surface area (Å²) in [7, 11) is 0. The van der Waals surface area contributed by atoms with E-state index in [1.54, 1.807) is 12.1 Å². The first kappa shape index (κ1) is 24.9. The molecule has 6 heteroatoms. The third kappa shape index (κ3) is 7.65. The van der Waals surface area contributed by atoms with E-state index in [9.17, 15) is 9.59 Å². The van der Waals surface area contributed by atoms with Crippen molar-refractivity contribution in [3.63, 3.8) is 0 Å². The third-order valence-electron chi connectivity index (χ3n) is 6.34. The third-order valence-corrected chi connectivity index (χ3v) is 6.34. The van der Waals surface area contributed by atoms with Gasteiger partial charge in [-0.1, -0.05) is 46.0 Å². The highest BCUT2D eigenvalue weighted by Crippen LogP contribution is 2.23. The van der Waals surface area contributed by atoms with E-state index in [1.807, 2.05) is 36.4 Å². The van der Waals surface area contributed by atoms with Gasteiger partial charge in [-0.25, -0.2) is 9.97 Å². The molecule has 6 nitrogen and oxygen atoms in total. The number of esters is 1. The van der Waals surface area contributed by atoms with Crippen LogP contribution in [0.2, 0.25) is 0 Å². The first-order valence-corrected chi connectivity index (χ1v) is 12.5. The van der Waals surface area contributed by atoms with Crippen molar-refractivity contribution in [3.05, 3.63) is 42.2 Å². The van der Waals surface area contributed by atoms with Crippen molar-refractivity contribution < 1.29 is 14.3 Å². The Bertz CT molecular complexity index is 872. The molecule has 178 valence electrons. The van der Waals surface area contributed by atoms with Crippen molar-refractivity contribution >= 4 is 11.9 Å². The van der Waals surface area contributed by atoms with E-state index in [-0.39, 0.29) is 17.8 Å². The molecule has 0 unspecified atom stereocenters. The number of likely N-dealkylation sites (tertiary alicyclic amines) is 1. The van der Waals surface area contributed by atoms with Gasteiger partial charge in [0, 0.05) is 37.5 Å². The summed E-state index contributed by atoms with van der Waals surface area (Å²) in [6.07, 6.45) is 14.4. The van der Waals surface area contributed by atoms with Gasteiger partial charge in [0.15, 0.2) is 5.82 Å². The summed E-state index contributed by atoms with van der Waals surface area (Å²) < 4.78 is 5.58. The van der Waals surface area contributed by atoms with E-state index in [0.717, 1.165) is 12.0 Å². The summed E-state index contributed by atoms with van der Waals surface area (Å²) in [5.41, 5.74) is 2.07. The lowest BCUT2D eigenvalue weighted by molar-refractivity contribution is -0.143. The Kier molecular flexibility index (Phi) is 9.85. The molecule has 3 rings (SSSR count). The Morgan fingerprint density at radius 1 is 0.939 bits per heavy atom. The van der Waals surface area contributed by atoms with Crippen molar-refractivity contribution in [2.24, 2.45) is 5.92 Å². The summed E-state index contributed by atoms with van der Waals surface area (Å²) in [6.45, 7) is 5.35. The molecule has 0 bridgehead atoms. The van der Waals surface area contributed by atoms with Crippen LogP contribution in [0.25, 0.3) is 11.4 Å². The summed E-state index contributed by atoms with van der Waals surface area (Å²) in [6, 6.07) is 7.34. The molecule has 1 fully saturated rings. The molecule has 1 aromatic heterocycles. The maximum atomic E-state index is 12.5. The largest absolute Gasteiger partial charge is 0.426 e. The number of hydrogen-bond acceptors (Lipinski definition) is 5. The van der Waals surface area contributed by atoms with Crippen molar-refractivity contribution in [2.75, 3.05) is 13.1 Å². The minimum Gasteiger partial charge on any atom is -0.426 e. The number of unbranched alkanes of at least 4 members (excludes halogenated alkanes) is 5. The van der Waals surface area contributed by atoms with E-state index >= 15 is 0 Å². The van der Waals surface area contributed by atoms with Crippen LogP contribution in [-0.2, 0) is 16.0 Å². The van der Waals surface area contributed by atoms with Gasteiger partial charge in [0.05, 0.1) is 5.92 Å². The molecule has 1 aromatic carbocycles. The Balaban J connectivity index is 1.45. The number of nitrogens with zero attached hydrogens (tertiary/aromatic N) is 3. The van der Waals surface area contributed by atoms with Gasteiger partial charge in [0.2, 0.25) is 5.91 Å². The molecule has 1 saturated heterocycles. The minimum atomic E-state index is -0.221. The van der Waals surface area contributed by atoms with Gasteiger partial charge in [-0.05, 0) is 55.5 Å². The molecule has 0 N–H and O–H groups in total. The molecule has 0 aliphatic carbocycles. The number of aromatic nitrogens is 2. The van der Waals surface area contributed by atoms with Crippen LogP contribution in [0.15, 0.2) is 36.7 Å². The van der Waals surface area contributed by atoms with E-state index in [2.05, 4.69) is 16.9 Å². The molecule has 0 atom stereocenters. The summed E-state index contributed by atoms with van der Waals surface area (Å²) in [5.74, 6) is 0.966. The number of carbonyl (C=O) groups excluding carboxylic acids is 2. The number of amides is 1. The van der Waals surface area contributed by atoms with Gasteiger partial charge in [0.25, 0.3) is 0 Å². The second kappa shape index (κ2) is 13.1. The average Bonchev–Trinajstić information content (AvgIpc) is 2.86. The van der Waals surface area contributed by atoms with Gasteiger partial charge in [-0.15, -0.1) is 0 Å². The molecule has 1 aliphatic rings. The van der Waals surface area contributed by atoms with Crippen LogP contribution >= 0.6 is 0 Å². The van der Waals surface area contributed by atoms with E-state index in [0.29, 0.717) is 43.9 Å². The molecule has 0 spiro atoms.